The van der Waals surface area contributed by atoms with Crippen molar-refractivity contribution in [2.24, 2.45) is 0 Å². The van der Waals surface area contributed by atoms with Crippen LogP contribution in [0, 0.1) is 11.3 Å². The number of aromatic amines is 1. The van der Waals surface area contributed by atoms with Crippen LogP contribution < -0.4 is 5.32 Å². The van der Waals surface area contributed by atoms with Crippen LogP contribution in [-0.2, 0) is 18.3 Å². The van der Waals surface area contributed by atoms with E-state index >= 15 is 0 Å². The first kappa shape index (κ1) is 28.7. The number of hydrogen-bond acceptors (Lipinski definition) is 8. The fourth-order valence-corrected chi connectivity index (χ4v) is 6.89. The van der Waals surface area contributed by atoms with E-state index in [0.29, 0.717) is 36.4 Å². The average molecular weight is 605 g/mol. The summed E-state index contributed by atoms with van der Waals surface area (Å²) >= 11 is 0. The highest BCUT2D eigenvalue weighted by Crippen LogP contribution is 2.45. The molecule has 0 bridgehead atoms. The van der Waals surface area contributed by atoms with Crippen molar-refractivity contribution in [1.29, 1.82) is 5.26 Å². The van der Waals surface area contributed by atoms with Crippen molar-refractivity contribution >= 4 is 16.9 Å². The molecule has 44 heavy (non-hydrogen) atoms. The van der Waals surface area contributed by atoms with E-state index in [1.54, 1.807) is 12.3 Å². The number of alkyl halides is 3. The van der Waals surface area contributed by atoms with E-state index in [-0.39, 0.29) is 11.6 Å². The van der Waals surface area contributed by atoms with Crippen molar-refractivity contribution in [3.63, 3.8) is 0 Å². The summed E-state index contributed by atoms with van der Waals surface area (Å²) < 4.78 is 42.9. The Bertz CT molecular complexity index is 1670. The minimum atomic E-state index is -4.49. The zero-order chi connectivity index (χ0) is 30.5. The van der Waals surface area contributed by atoms with Crippen molar-refractivity contribution in [2.45, 2.75) is 81.3 Å². The van der Waals surface area contributed by atoms with Crippen molar-refractivity contribution in [2.75, 3.05) is 25.5 Å². The molecule has 3 aliphatic rings. The molecule has 10 nitrogen and oxygen atoms in total. The van der Waals surface area contributed by atoms with Crippen molar-refractivity contribution < 1.29 is 13.2 Å². The molecular formula is C31H35F3N10. The van der Waals surface area contributed by atoms with Crippen LogP contribution in [0.15, 0.2) is 43.1 Å². The van der Waals surface area contributed by atoms with Crippen LogP contribution in [0.1, 0.15) is 56.2 Å². The van der Waals surface area contributed by atoms with Gasteiger partial charge in [-0.3, -0.25) is 9.58 Å². The molecule has 13 heteroatoms. The Morgan fingerprint density at radius 3 is 2.68 bits per heavy atom. The SMILES string of the molecule is CN(Cc1cc(NC2CCN([C@H]3C[C@@](CC#N)(n4cc(-c5ncnc6[nH]ccc56)cn4)C3)CC2)nc(C(F)(F)F)c1)C1CC1. The van der Waals surface area contributed by atoms with Crippen LogP contribution in [0.5, 0.6) is 0 Å². The van der Waals surface area contributed by atoms with E-state index in [4.69, 9.17) is 0 Å². The van der Waals surface area contributed by atoms with Crippen LogP contribution in [0.25, 0.3) is 22.3 Å². The number of piperidine rings is 1. The molecule has 2 saturated carbocycles. The normalized spacial score (nSPS) is 23.1. The molecular weight excluding hydrogens is 569 g/mol. The molecule has 2 N–H and O–H groups in total. The summed E-state index contributed by atoms with van der Waals surface area (Å²) in [7, 11) is 1.96. The van der Waals surface area contributed by atoms with Gasteiger partial charge in [-0.15, -0.1) is 0 Å². The number of pyridine rings is 1. The van der Waals surface area contributed by atoms with Gasteiger partial charge in [0, 0.05) is 61.1 Å². The summed E-state index contributed by atoms with van der Waals surface area (Å²) in [5.74, 6) is 0.296. The molecule has 0 radical (unpaired) electrons. The molecule has 1 saturated heterocycles. The van der Waals surface area contributed by atoms with Crippen LogP contribution in [-0.4, -0.2) is 77.8 Å². The molecule has 5 heterocycles. The highest BCUT2D eigenvalue weighted by molar-refractivity contribution is 5.90. The number of halogens is 3. The summed E-state index contributed by atoms with van der Waals surface area (Å²) in [5, 5.41) is 18.6. The highest BCUT2D eigenvalue weighted by Gasteiger charge is 2.49. The second-order valence-corrected chi connectivity index (χ2v) is 12.6. The van der Waals surface area contributed by atoms with Gasteiger partial charge in [-0.2, -0.15) is 23.5 Å². The van der Waals surface area contributed by atoms with E-state index in [0.717, 1.165) is 73.9 Å². The molecule has 0 spiro atoms. The third kappa shape index (κ3) is 5.64. The molecule has 2 aliphatic carbocycles. The minimum Gasteiger partial charge on any atom is -0.367 e. The van der Waals surface area contributed by atoms with Crippen molar-refractivity contribution in [1.82, 2.24) is 39.5 Å². The smallest absolute Gasteiger partial charge is 0.367 e. The fourth-order valence-electron chi connectivity index (χ4n) is 6.89. The van der Waals surface area contributed by atoms with E-state index in [2.05, 4.69) is 46.2 Å². The van der Waals surface area contributed by atoms with Crippen LogP contribution in [0.3, 0.4) is 0 Å². The molecule has 0 atom stereocenters. The Morgan fingerprint density at radius 1 is 1.16 bits per heavy atom. The van der Waals surface area contributed by atoms with Crippen LogP contribution >= 0.6 is 0 Å². The van der Waals surface area contributed by atoms with Gasteiger partial charge in [-0.1, -0.05) is 0 Å². The predicted molar refractivity (Wildman–Crippen MR) is 158 cm³/mol. The third-order valence-electron chi connectivity index (χ3n) is 9.51. The number of nitrogens with zero attached hydrogens (tertiary/aromatic N) is 8. The van der Waals surface area contributed by atoms with Gasteiger partial charge in [0.05, 0.1) is 29.9 Å². The number of anilines is 1. The summed E-state index contributed by atoms with van der Waals surface area (Å²) in [6.07, 6.45) is 8.47. The fraction of sp³-hybridized carbons (Fsp3) is 0.516. The lowest BCUT2D eigenvalue weighted by Gasteiger charge is -2.52. The molecule has 0 unspecified atom stereocenters. The van der Waals surface area contributed by atoms with Crippen molar-refractivity contribution in [3.8, 4) is 17.3 Å². The first-order chi connectivity index (χ1) is 21.2. The number of fused-ring (bicyclic) bond motifs is 1. The zero-order valence-corrected chi connectivity index (χ0v) is 24.6. The number of nitrogens with one attached hydrogen (secondary N) is 2. The molecule has 0 amide bonds. The summed E-state index contributed by atoms with van der Waals surface area (Å²) in [5.41, 5.74) is 1.86. The third-order valence-corrected chi connectivity index (χ3v) is 9.51. The van der Waals surface area contributed by atoms with Gasteiger partial charge in [0.15, 0.2) is 0 Å². The number of hydrogen-bond donors (Lipinski definition) is 2. The second-order valence-electron chi connectivity index (χ2n) is 12.6. The summed E-state index contributed by atoms with van der Waals surface area (Å²) in [4.78, 5) is 20.4. The highest BCUT2D eigenvalue weighted by atomic mass is 19.4. The van der Waals surface area contributed by atoms with Crippen molar-refractivity contribution in [3.05, 3.63) is 54.4 Å². The molecule has 3 fully saturated rings. The molecule has 1 aliphatic heterocycles. The zero-order valence-electron chi connectivity index (χ0n) is 24.6. The Morgan fingerprint density at radius 2 is 1.95 bits per heavy atom. The predicted octanol–water partition coefficient (Wildman–Crippen LogP) is 5.18. The Hall–Kier alpha value is -4.02. The number of likely N-dealkylation sites (tertiary alicyclic amines) is 1. The molecule has 7 rings (SSSR count). The number of rotatable bonds is 9. The van der Waals surface area contributed by atoms with Gasteiger partial charge < -0.3 is 15.2 Å². The van der Waals surface area contributed by atoms with E-state index in [9.17, 15) is 18.4 Å². The van der Waals surface area contributed by atoms with E-state index in [1.807, 2.05) is 30.2 Å². The maximum atomic E-state index is 13.7. The standard InChI is InChI=1S/C31H35F3N10/c1-42(23-2-3-23)17-20-12-26(31(32,33)34)41-27(13-20)40-22-5-10-43(11-6-22)24-14-30(15-24,7-8-35)44-18-21(16-39-44)28-25-4-9-36-29(25)38-19-37-28/h4,9,12-13,16,18-19,22-24H,2-3,5-7,10-11,14-15,17H2,1H3,(H,40,41)(H,36,37,38)/t24-,30+. The Balaban J connectivity index is 0.984. The van der Waals surface area contributed by atoms with Gasteiger partial charge in [0.2, 0.25) is 0 Å². The van der Waals surface area contributed by atoms with E-state index < -0.39 is 11.9 Å². The monoisotopic (exact) mass is 604 g/mol. The topological polar surface area (TPSA) is 115 Å². The minimum absolute atomic E-state index is 0.0481. The largest absolute Gasteiger partial charge is 0.433 e. The van der Waals surface area contributed by atoms with Gasteiger partial charge in [-0.25, -0.2) is 15.0 Å². The lowest BCUT2D eigenvalue weighted by Crippen LogP contribution is -2.58. The van der Waals surface area contributed by atoms with Crippen LogP contribution in [0.2, 0.25) is 0 Å². The lowest BCUT2D eigenvalue weighted by atomic mass is 9.69. The van der Waals surface area contributed by atoms with Crippen LogP contribution in [0.4, 0.5) is 19.0 Å². The number of H-pyrrole nitrogens is 1. The lowest BCUT2D eigenvalue weighted by molar-refractivity contribution is -0.141. The average Bonchev–Trinajstić information content (AvgIpc) is 3.52. The summed E-state index contributed by atoms with van der Waals surface area (Å²) in [6, 6.07) is 8.09. The molecule has 230 valence electrons. The Kier molecular flexibility index (Phi) is 7.29. The molecule has 4 aromatic heterocycles. The quantitative estimate of drug-likeness (QED) is 0.269. The first-order valence-corrected chi connectivity index (χ1v) is 15.2. The van der Waals surface area contributed by atoms with E-state index in [1.165, 1.54) is 12.4 Å². The maximum Gasteiger partial charge on any atom is 0.433 e. The first-order valence-electron chi connectivity index (χ1n) is 15.2. The van der Waals surface area contributed by atoms with Gasteiger partial charge in [0.1, 0.15) is 23.5 Å². The maximum absolute atomic E-state index is 13.7. The van der Waals surface area contributed by atoms with Gasteiger partial charge >= 0.3 is 6.18 Å². The molecule has 4 aromatic rings. The Labute approximate surface area is 253 Å². The summed E-state index contributed by atoms with van der Waals surface area (Å²) in [6.45, 7) is 2.14. The van der Waals surface area contributed by atoms with Gasteiger partial charge in [0.25, 0.3) is 0 Å². The molecule has 0 aromatic carbocycles. The second kappa shape index (κ2) is 11.2. The van der Waals surface area contributed by atoms with Gasteiger partial charge in [-0.05, 0) is 69.3 Å². The number of nitriles is 1. The number of aromatic nitrogens is 6.